The summed E-state index contributed by atoms with van der Waals surface area (Å²) in [5.74, 6) is 0. The Morgan fingerprint density at radius 3 is 1.79 bits per heavy atom. The molecule has 2 fully saturated rings. The summed E-state index contributed by atoms with van der Waals surface area (Å²) in [6.07, 6.45) is 6.09. The summed E-state index contributed by atoms with van der Waals surface area (Å²) in [7, 11) is 1.00. The third kappa shape index (κ3) is 6.86. The summed E-state index contributed by atoms with van der Waals surface area (Å²) >= 11 is 0. The smallest absolute Gasteiger partial charge is 0.209 e. The van der Waals surface area contributed by atoms with Gasteiger partial charge in [-0.2, -0.15) is 0 Å². The lowest BCUT2D eigenvalue weighted by atomic mass is 10.4. The number of amides is 1. The molecule has 0 aliphatic carbocycles. The van der Waals surface area contributed by atoms with Gasteiger partial charge in [0.2, 0.25) is 6.41 Å². The van der Waals surface area contributed by atoms with Crippen molar-refractivity contribution >= 4 is 6.41 Å². The zero-order valence-electron chi connectivity index (χ0n) is 9.04. The molecule has 1 amide bonds. The highest BCUT2D eigenvalue weighted by Crippen LogP contribution is 2.02. The Labute approximate surface area is 86.3 Å². The average molecular weight is 202 g/mol. The summed E-state index contributed by atoms with van der Waals surface area (Å²) in [6.45, 7) is 4.45. The molecule has 2 N–H and O–H groups in total. The van der Waals surface area contributed by atoms with Crippen LogP contribution in [0.2, 0.25) is 0 Å². The molecule has 0 unspecified atom stereocenters. The second-order valence-electron chi connectivity index (χ2n) is 3.31. The van der Waals surface area contributed by atoms with Crippen LogP contribution >= 0.6 is 0 Å². The van der Waals surface area contributed by atoms with Gasteiger partial charge in [0.15, 0.2) is 0 Å². The van der Waals surface area contributed by atoms with Gasteiger partial charge in [0.25, 0.3) is 0 Å². The van der Waals surface area contributed by atoms with Crippen LogP contribution in [-0.2, 0) is 4.79 Å². The van der Waals surface area contributed by atoms with Crippen molar-refractivity contribution in [3.8, 4) is 0 Å². The highest BCUT2D eigenvalue weighted by Gasteiger charge is 2.06. The van der Waals surface area contributed by atoms with Crippen molar-refractivity contribution in [1.82, 2.24) is 10.2 Å². The van der Waals surface area contributed by atoms with Gasteiger partial charge >= 0.3 is 0 Å². The number of carbonyl (C=O) groups is 1. The Kier molecular flexibility index (Phi) is 10.0. The van der Waals surface area contributed by atoms with Crippen LogP contribution in [-0.4, -0.2) is 49.7 Å². The van der Waals surface area contributed by atoms with Crippen LogP contribution < -0.4 is 5.32 Å². The molecular formula is C10H22N2O2. The van der Waals surface area contributed by atoms with Gasteiger partial charge in [-0.15, -0.1) is 0 Å². The minimum Gasteiger partial charge on any atom is -0.400 e. The van der Waals surface area contributed by atoms with E-state index in [0.29, 0.717) is 0 Å². The number of likely N-dealkylation sites (tertiary alicyclic amines) is 1. The third-order valence-electron chi connectivity index (χ3n) is 2.25. The van der Waals surface area contributed by atoms with E-state index in [0.717, 1.165) is 26.6 Å². The number of aliphatic hydroxyl groups excluding tert-OH is 1. The second-order valence-corrected chi connectivity index (χ2v) is 3.31. The number of carbonyl (C=O) groups excluding carboxylic acids is 1. The zero-order chi connectivity index (χ0) is 10.6. The number of rotatable bonds is 1. The van der Waals surface area contributed by atoms with Crippen LogP contribution in [0.3, 0.4) is 0 Å². The molecule has 14 heavy (non-hydrogen) atoms. The Bertz CT molecular complexity index is 114. The van der Waals surface area contributed by atoms with E-state index in [-0.39, 0.29) is 0 Å². The fourth-order valence-electron chi connectivity index (χ4n) is 1.47. The van der Waals surface area contributed by atoms with Crippen LogP contribution in [0.1, 0.15) is 25.7 Å². The zero-order valence-corrected chi connectivity index (χ0v) is 9.04. The minimum atomic E-state index is 0.924. The van der Waals surface area contributed by atoms with Gasteiger partial charge in [-0.3, -0.25) is 4.79 Å². The molecule has 2 saturated heterocycles. The van der Waals surface area contributed by atoms with E-state index in [9.17, 15) is 4.79 Å². The van der Waals surface area contributed by atoms with E-state index < -0.39 is 0 Å². The largest absolute Gasteiger partial charge is 0.400 e. The van der Waals surface area contributed by atoms with Crippen LogP contribution in [0.4, 0.5) is 0 Å². The highest BCUT2D eigenvalue weighted by atomic mass is 16.2. The standard InChI is InChI=1S/C5H9NO.C4H9N.CH4O/c7-5-6-3-1-2-4-6;1-2-4-5-3-1;1-2/h5H,1-4H2;5H,1-4H2;2H,1H3. The van der Waals surface area contributed by atoms with E-state index in [4.69, 9.17) is 5.11 Å². The summed E-state index contributed by atoms with van der Waals surface area (Å²) in [6, 6.07) is 0. The highest BCUT2D eigenvalue weighted by molar-refractivity contribution is 5.47. The number of nitrogens with zero attached hydrogens (tertiary/aromatic N) is 1. The first kappa shape index (κ1) is 13.4. The second kappa shape index (κ2) is 10.5. The van der Waals surface area contributed by atoms with Crippen LogP contribution in [0.25, 0.3) is 0 Å². The predicted molar refractivity (Wildman–Crippen MR) is 57.1 cm³/mol. The first-order valence-corrected chi connectivity index (χ1v) is 5.28. The molecule has 0 aromatic carbocycles. The summed E-state index contributed by atoms with van der Waals surface area (Å²) in [4.78, 5) is 11.7. The Morgan fingerprint density at radius 1 is 1.07 bits per heavy atom. The van der Waals surface area contributed by atoms with Gasteiger partial charge in [-0.25, -0.2) is 0 Å². The fraction of sp³-hybridized carbons (Fsp3) is 0.900. The van der Waals surface area contributed by atoms with Crippen molar-refractivity contribution < 1.29 is 9.90 Å². The van der Waals surface area contributed by atoms with Crippen LogP contribution in [0.15, 0.2) is 0 Å². The molecule has 0 aromatic rings. The molecule has 4 heteroatoms. The lowest BCUT2D eigenvalue weighted by Gasteiger charge is -2.03. The quantitative estimate of drug-likeness (QED) is 0.598. The lowest BCUT2D eigenvalue weighted by Crippen LogP contribution is -2.15. The molecule has 2 heterocycles. The summed E-state index contributed by atoms with van der Waals surface area (Å²) in [5.41, 5.74) is 0. The Balaban J connectivity index is 0.000000213. The van der Waals surface area contributed by atoms with Crippen LogP contribution in [0, 0.1) is 0 Å². The molecular weight excluding hydrogens is 180 g/mol. The van der Waals surface area contributed by atoms with E-state index >= 15 is 0 Å². The van der Waals surface area contributed by atoms with E-state index in [2.05, 4.69) is 5.32 Å². The molecule has 2 rings (SSSR count). The van der Waals surface area contributed by atoms with Crippen molar-refractivity contribution in [3.05, 3.63) is 0 Å². The molecule has 0 saturated carbocycles. The first-order valence-electron chi connectivity index (χ1n) is 5.28. The third-order valence-corrected chi connectivity index (χ3v) is 2.25. The molecule has 0 atom stereocenters. The monoisotopic (exact) mass is 202 g/mol. The molecule has 84 valence electrons. The molecule has 0 aromatic heterocycles. The maximum Gasteiger partial charge on any atom is 0.209 e. The molecule has 4 nitrogen and oxygen atoms in total. The average Bonchev–Trinajstić information content (AvgIpc) is 2.97. The SMILES string of the molecule is C1CCNC1.CO.O=CN1CCCC1. The fourth-order valence-corrected chi connectivity index (χ4v) is 1.47. The predicted octanol–water partition coefficient (Wildman–Crippen LogP) is 0.217. The lowest BCUT2D eigenvalue weighted by molar-refractivity contribution is -0.117. The molecule has 2 aliphatic rings. The van der Waals surface area contributed by atoms with Gasteiger partial charge < -0.3 is 15.3 Å². The molecule has 2 aliphatic heterocycles. The van der Waals surface area contributed by atoms with Crippen molar-refractivity contribution in [2.75, 3.05) is 33.3 Å². The van der Waals surface area contributed by atoms with Crippen molar-refractivity contribution in [2.24, 2.45) is 0 Å². The minimum absolute atomic E-state index is 0.924. The number of hydrogen-bond donors (Lipinski definition) is 2. The van der Waals surface area contributed by atoms with Crippen molar-refractivity contribution in [1.29, 1.82) is 0 Å². The van der Waals surface area contributed by atoms with Crippen LogP contribution in [0.5, 0.6) is 0 Å². The summed E-state index contributed by atoms with van der Waals surface area (Å²) in [5, 5.41) is 10.2. The molecule has 0 bridgehead atoms. The molecule has 0 radical (unpaired) electrons. The first-order chi connectivity index (χ1) is 6.93. The van der Waals surface area contributed by atoms with Crippen molar-refractivity contribution in [3.63, 3.8) is 0 Å². The van der Waals surface area contributed by atoms with Gasteiger partial charge in [0.1, 0.15) is 0 Å². The Morgan fingerprint density at radius 2 is 1.57 bits per heavy atom. The number of aliphatic hydroxyl groups is 1. The van der Waals surface area contributed by atoms with Gasteiger partial charge in [0, 0.05) is 20.2 Å². The van der Waals surface area contributed by atoms with Gasteiger partial charge in [-0.1, -0.05) is 0 Å². The maximum absolute atomic E-state index is 9.93. The normalized spacial score (nSPS) is 19.1. The summed E-state index contributed by atoms with van der Waals surface area (Å²) < 4.78 is 0. The number of nitrogens with one attached hydrogen (secondary N) is 1. The van der Waals surface area contributed by atoms with E-state index in [1.807, 2.05) is 0 Å². The number of hydrogen-bond acceptors (Lipinski definition) is 3. The van der Waals surface area contributed by atoms with Gasteiger partial charge in [0.05, 0.1) is 0 Å². The van der Waals surface area contributed by atoms with E-state index in [1.54, 1.807) is 4.90 Å². The topological polar surface area (TPSA) is 52.6 Å². The van der Waals surface area contributed by atoms with Crippen molar-refractivity contribution in [2.45, 2.75) is 25.7 Å². The Hall–Kier alpha value is -0.610. The van der Waals surface area contributed by atoms with E-state index in [1.165, 1.54) is 38.8 Å². The maximum atomic E-state index is 9.93. The molecule has 0 spiro atoms. The van der Waals surface area contributed by atoms with Gasteiger partial charge in [-0.05, 0) is 38.8 Å².